The summed E-state index contributed by atoms with van der Waals surface area (Å²) in [6.07, 6.45) is 2.95. The van der Waals surface area contributed by atoms with Gasteiger partial charge in [0.25, 0.3) is 0 Å². The lowest BCUT2D eigenvalue weighted by Gasteiger charge is -2.26. The van der Waals surface area contributed by atoms with Crippen LogP contribution in [0.25, 0.3) is 11.4 Å². The fraction of sp³-hybridized carbons (Fsp3) is 0.455. The number of ether oxygens (including phenoxy) is 2. The number of hydrogen-bond donors (Lipinski definition) is 1. The smallest absolute Gasteiger partial charge is 0.408 e. The van der Waals surface area contributed by atoms with E-state index in [0.717, 1.165) is 15.6 Å². The zero-order valence-corrected chi connectivity index (χ0v) is 19.7. The normalized spacial score (nSPS) is 12.8. The minimum Gasteiger partial charge on any atom is -0.458 e. The van der Waals surface area contributed by atoms with Crippen LogP contribution >= 0.6 is 15.9 Å². The first-order chi connectivity index (χ1) is 13.8. The highest BCUT2D eigenvalue weighted by atomic mass is 79.9. The van der Waals surface area contributed by atoms with Gasteiger partial charge in [-0.15, -0.1) is 0 Å². The lowest BCUT2D eigenvalue weighted by Crippen LogP contribution is -2.47. The number of amides is 1. The molecular formula is C22H28BrN3O4. The van der Waals surface area contributed by atoms with E-state index in [2.05, 4.69) is 31.2 Å². The van der Waals surface area contributed by atoms with Gasteiger partial charge in [-0.2, -0.15) is 0 Å². The molecule has 8 heteroatoms. The van der Waals surface area contributed by atoms with Crippen molar-refractivity contribution in [3.8, 4) is 11.4 Å². The molecule has 0 unspecified atom stereocenters. The first-order valence-corrected chi connectivity index (χ1v) is 10.4. The second kappa shape index (κ2) is 9.55. The maximum Gasteiger partial charge on any atom is 0.408 e. The van der Waals surface area contributed by atoms with Gasteiger partial charge in [-0.25, -0.2) is 19.6 Å². The summed E-state index contributed by atoms with van der Waals surface area (Å²) >= 11 is 3.31. The van der Waals surface area contributed by atoms with Gasteiger partial charge in [-0.1, -0.05) is 24.3 Å². The van der Waals surface area contributed by atoms with Crippen LogP contribution in [-0.2, 0) is 20.7 Å². The van der Waals surface area contributed by atoms with Crippen molar-refractivity contribution < 1.29 is 19.1 Å². The third-order valence-corrected chi connectivity index (χ3v) is 4.06. The molecule has 2 aromatic rings. The number of esters is 1. The molecule has 7 nitrogen and oxygen atoms in total. The number of nitrogens with zero attached hydrogens (tertiary/aromatic N) is 2. The van der Waals surface area contributed by atoms with Crippen molar-refractivity contribution in [2.24, 2.45) is 0 Å². The predicted octanol–water partition coefficient (Wildman–Crippen LogP) is 4.68. The third-order valence-electron chi connectivity index (χ3n) is 3.65. The quantitative estimate of drug-likeness (QED) is 0.628. The molecule has 0 aliphatic heterocycles. The highest BCUT2D eigenvalue weighted by Gasteiger charge is 2.29. The Morgan fingerprint density at radius 2 is 1.50 bits per heavy atom. The van der Waals surface area contributed by atoms with Crippen LogP contribution in [0.1, 0.15) is 47.1 Å². The monoisotopic (exact) mass is 477 g/mol. The zero-order chi connectivity index (χ0) is 22.5. The molecule has 0 aliphatic carbocycles. The van der Waals surface area contributed by atoms with Crippen molar-refractivity contribution in [3.63, 3.8) is 0 Å². The number of nitrogens with one attached hydrogen (secondary N) is 1. The average molecular weight is 478 g/mol. The van der Waals surface area contributed by atoms with Crippen molar-refractivity contribution in [2.45, 2.75) is 65.2 Å². The van der Waals surface area contributed by atoms with Gasteiger partial charge in [-0.05, 0) is 63.0 Å². The molecule has 162 valence electrons. The minimum atomic E-state index is -0.881. The number of carbonyl (C=O) groups excluding carboxylic acids is 2. The van der Waals surface area contributed by atoms with Gasteiger partial charge >= 0.3 is 12.1 Å². The molecule has 1 amide bonds. The molecule has 0 aliphatic rings. The van der Waals surface area contributed by atoms with E-state index < -0.39 is 29.3 Å². The Hall–Kier alpha value is -2.48. The number of hydrogen-bond acceptors (Lipinski definition) is 6. The molecule has 1 atom stereocenters. The van der Waals surface area contributed by atoms with Crippen molar-refractivity contribution in [2.75, 3.05) is 0 Å². The van der Waals surface area contributed by atoms with Crippen LogP contribution in [0.5, 0.6) is 0 Å². The van der Waals surface area contributed by atoms with Crippen LogP contribution < -0.4 is 5.32 Å². The Morgan fingerprint density at radius 1 is 0.967 bits per heavy atom. The van der Waals surface area contributed by atoms with E-state index in [9.17, 15) is 9.59 Å². The summed E-state index contributed by atoms with van der Waals surface area (Å²) in [5, 5.41) is 2.63. The minimum absolute atomic E-state index is 0.260. The van der Waals surface area contributed by atoms with E-state index >= 15 is 0 Å². The SMILES string of the molecule is CC(C)(C)OC(=O)N[C@@H](Cc1ccc(-c2ncc(Br)cn2)cc1)C(=O)OC(C)(C)C. The van der Waals surface area contributed by atoms with Gasteiger partial charge in [0.05, 0.1) is 4.47 Å². The van der Waals surface area contributed by atoms with E-state index in [4.69, 9.17) is 9.47 Å². The van der Waals surface area contributed by atoms with Crippen LogP contribution in [0.4, 0.5) is 4.79 Å². The Bertz CT molecular complexity index is 869. The van der Waals surface area contributed by atoms with Crippen LogP contribution in [0, 0.1) is 0 Å². The van der Waals surface area contributed by atoms with Crippen LogP contribution in [0.15, 0.2) is 41.1 Å². The molecule has 1 heterocycles. The van der Waals surface area contributed by atoms with Crippen molar-refractivity contribution in [1.29, 1.82) is 0 Å². The highest BCUT2D eigenvalue weighted by molar-refractivity contribution is 9.10. The summed E-state index contributed by atoms with van der Waals surface area (Å²) < 4.78 is 11.6. The second-order valence-corrected chi connectivity index (χ2v) is 9.77. The number of aromatic nitrogens is 2. The zero-order valence-electron chi connectivity index (χ0n) is 18.2. The van der Waals surface area contributed by atoms with Crippen LogP contribution in [0.3, 0.4) is 0 Å². The van der Waals surface area contributed by atoms with Gasteiger partial charge in [0.2, 0.25) is 0 Å². The van der Waals surface area contributed by atoms with E-state index in [1.807, 2.05) is 24.3 Å². The average Bonchev–Trinajstić information content (AvgIpc) is 2.59. The number of alkyl carbamates (subject to hydrolysis) is 1. The fourth-order valence-electron chi connectivity index (χ4n) is 2.50. The molecule has 30 heavy (non-hydrogen) atoms. The molecule has 1 aromatic heterocycles. The van der Waals surface area contributed by atoms with Gasteiger partial charge < -0.3 is 14.8 Å². The number of carbonyl (C=O) groups is 2. The summed E-state index contributed by atoms with van der Waals surface area (Å²) in [4.78, 5) is 33.5. The second-order valence-electron chi connectivity index (χ2n) is 8.86. The Labute approximate surface area is 185 Å². The topological polar surface area (TPSA) is 90.4 Å². The summed E-state index contributed by atoms with van der Waals surface area (Å²) in [6, 6.07) is 6.61. The Balaban J connectivity index is 2.16. The van der Waals surface area contributed by atoms with E-state index in [1.165, 1.54) is 0 Å². The molecule has 0 saturated carbocycles. The maximum atomic E-state index is 12.7. The standard InChI is InChI=1S/C22H28BrN3O4/c1-21(2,3)29-19(27)17(26-20(28)30-22(4,5)6)11-14-7-9-15(10-8-14)18-24-12-16(23)13-25-18/h7-10,12-13,17H,11H2,1-6H3,(H,26,28)/t17-/m0/s1. The van der Waals surface area contributed by atoms with Crippen LogP contribution in [0.2, 0.25) is 0 Å². The summed E-state index contributed by atoms with van der Waals surface area (Å²) in [5.74, 6) is 0.0778. The first kappa shape index (κ1) is 23.8. The van der Waals surface area contributed by atoms with Gasteiger partial charge in [0, 0.05) is 24.4 Å². The van der Waals surface area contributed by atoms with Gasteiger partial charge in [-0.3, -0.25) is 0 Å². The molecule has 0 saturated heterocycles. The highest BCUT2D eigenvalue weighted by Crippen LogP contribution is 2.18. The van der Waals surface area contributed by atoms with Crippen LogP contribution in [-0.4, -0.2) is 39.3 Å². The molecular weight excluding hydrogens is 450 g/mol. The molecule has 0 radical (unpaired) electrons. The van der Waals surface area contributed by atoms with Crippen molar-refractivity contribution in [3.05, 3.63) is 46.7 Å². The van der Waals surface area contributed by atoms with E-state index in [0.29, 0.717) is 5.82 Å². The molecule has 0 bridgehead atoms. The molecule has 2 rings (SSSR count). The fourth-order valence-corrected chi connectivity index (χ4v) is 2.71. The number of rotatable bonds is 5. The predicted molar refractivity (Wildman–Crippen MR) is 118 cm³/mol. The first-order valence-electron chi connectivity index (χ1n) is 9.62. The van der Waals surface area contributed by atoms with Crippen molar-refractivity contribution >= 4 is 28.0 Å². The van der Waals surface area contributed by atoms with Gasteiger partial charge in [0.15, 0.2) is 5.82 Å². The Morgan fingerprint density at radius 3 is 2.00 bits per heavy atom. The summed E-state index contributed by atoms with van der Waals surface area (Å²) in [5.41, 5.74) is 0.353. The van der Waals surface area contributed by atoms with E-state index in [1.54, 1.807) is 53.9 Å². The third kappa shape index (κ3) is 8.10. The van der Waals surface area contributed by atoms with Gasteiger partial charge in [0.1, 0.15) is 17.2 Å². The largest absolute Gasteiger partial charge is 0.458 e. The lowest BCUT2D eigenvalue weighted by molar-refractivity contribution is -0.157. The lowest BCUT2D eigenvalue weighted by atomic mass is 10.0. The maximum absolute atomic E-state index is 12.7. The van der Waals surface area contributed by atoms with E-state index in [-0.39, 0.29) is 6.42 Å². The van der Waals surface area contributed by atoms with Crippen molar-refractivity contribution in [1.82, 2.24) is 15.3 Å². The number of benzene rings is 1. The Kier molecular flexibility index (Phi) is 7.58. The molecule has 1 N–H and O–H groups in total. The molecule has 1 aromatic carbocycles. The summed E-state index contributed by atoms with van der Waals surface area (Å²) in [6.45, 7) is 10.6. The molecule has 0 fully saturated rings. The number of halogens is 1. The summed E-state index contributed by atoms with van der Waals surface area (Å²) in [7, 11) is 0. The molecule has 0 spiro atoms.